The van der Waals surface area contributed by atoms with Gasteiger partial charge in [0.05, 0.1) is 66.6 Å². The molecule has 3 atom stereocenters. The zero-order valence-electron chi connectivity index (χ0n) is 26.4. The highest BCUT2D eigenvalue weighted by Crippen LogP contribution is 2.38. The molecule has 11 nitrogen and oxygen atoms in total. The minimum absolute atomic E-state index is 0.124. The van der Waals surface area contributed by atoms with E-state index in [-0.39, 0.29) is 17.2 Å². The number of morpholine rings is 1. The quantitative estimate of drug-likeness (QED) is 0.253. The van der Waals surface area contributed by atoms with E-state index in [1.54, 1.807) is 38.0 Å². The Kier molecular flexibility index (Phi) is 10.3. The molecule has 0 radical (unpaired) electrons. The molecule has 0 bridgehead atoms. The maximum Gasteiger partial charge on any atom is 0.227 e. The zero-order valence-corrected chi connectivity index (χ0v) is 28.1. The first-order valence-corrected chi connectivity index (χ1v) is 17.4. The zero-order chi connectivity index (χ0) is 32.0. The van der Waals surface area contributed by atoms with Crippen molar-refractivity contribution in [2.45, 2.75) is 43.9 Å². The predicted octanol–water partition coefficient (Wildman–Crippen LogP) is 5.50. The van der Waals surface area contributed by atoms with Crippen LogP contribution in [0, 0.1) is 0 Å². The fourth-order valence-electron chi connectivity index (χ4n) is 5.37. The number of rotatable bonds is 11. The molecule has 13 heteroatoms. The molecule has 1 saturated heterocycles. The normalized spacial score (nSPS) is 20.6. The maximum atomic E-state index is 13.4. The monoisotopic (exact) mass is 661 g/mol. The number of methoxy groups -OCH3 is 2. The Morgan fingerprint density at radius 1 is 1.04 bits per heavy atom. The van der Waals surface area contributed by atoms with E-state index in [0.717, 1.165) is 57.9 Å². The molecule has 242 valence electrons. The van der Waals surface area contributed by atoms with Crippen LogP contribution in [0.2, 0.25) is 0 Å². The largest absolute Gasteiger partial charge is 0.598 e. The molecule has 3 aromatic heterocycles. The van der Waals surface area contributed by atoms with Gasteiger partial charge in [0, 0.05) is 49.1 Å². The molecule has 2 N–H and O–H groups in total. The third kappa shape index (κ3) is 7.45. The fraction of sp³-hybridized carbons (Fsp3) is 0.394. The predicted molar refractivity (Wildman–Crippen MR) is 183 cm³/mol. The lowest BCUT2D eigenvalue weighted by atomic mass is 10.00. The number of hydrogen-bond donors (Lipinski definition) is 2. The van der Waals surface area contributed by atoms with E-state index >= 15 is 0 Å². The van der Waals surface area contributed by atoms with E-state index in [0.29, 0.717) is 37.1 Å². The van der Waals surface area contributed by atoms with Gasteiger partial charge < -0.3 is 29.0 Å². The highest BCUT2D eigenvalue weighted by molar-refractivity contribution is 7.90. The topological polar surface area (TPSA) is 130 Å². The molecular formula is C33H39N7O4S2. The summed E-state index contributed by atoms with van der Waals surface area (Å²) in [5, 5.41) is 4.10. The average Bonchev–Trinajstić information content (AvgIpc) is 3.55. The third-order valence-electron chi connectivity index (χ3n) is 7.80. The van der Waals surface area contributed by atoms with Crippen LogP contribution >= 0.6 is 11.3 Å². The summed E-state index contributed by atoms with van der Waals surface area (Å²) in [6.07, 6.45) is 15.0. The Balaban J connectivity index is 1.20. The third-order valence-corrected chi connectivity index (χ3v) is 10.6. The Hall–Kier alpha value is -3.75. The van der Waals surface area contributed by atoms with Gasteiger partial charge in [-0.2, -0.15) is 0 Å². The summed E-state index contributed by atoms with van der Waals surface area (Å²) in [4.78, 5) is 22.2. The van der Waals surface area contributed by atoms with Crippen molar-refractivity contribution in [1.82, 2.24) is 24.7 Å². The van der Waals surface area contributed by atoms with Gasteiger partial charge in [0.15, 0.2) is 16.8 Å². The van der Waals surface area contributed by atoms with Gasteiger partial charge in [0.2, 0.25) is 5.95 Å². The number of ether oxygens (including phenoxy) is 3. The van der Waals surface area contributed by atoms with E-state index in [2.05, 4.69) is 57.0 Å². The smallest absolute Gasteiger partial charge is 0.227 e. The number of hydrogen-bond acceptors (Lipinski definition) is 12. The second-order valence-corrected chi connectivity index (χ2v) is 13.8. The Morgan fingerprint density at radius 3 is 2.61 bits per heavy atom. The van der Waals surface area contributed by atoms with Gasteiger partial charge in [-0.05, 0) is 36.3 Å². The number of nitrogens with one attached hydrogen (secondary N) is 2. The lowest BCUT2D eigenvalue weighted by Crippen LogP contribution is -2.40. The van der Waals surface area contributed by atoms with Crippen LogP contribution in [0.5, 0.6) is 0 Å². The number of aromatic nitrogens is 4. The Bertz CT molecular complexity index is 1630. The fourth-order valence-corrected chi connectivity index (χ4v) is 7.59. The first-order valence-electron chi connectivity index (χ1n) is 15.4. The number of thiazole rings is 1. The first-order chi connectivity index (χ1) is 22.4. The van der Waals surface area contributed by atoms with E-state index in [1.165, 1.54) is 0 Å². The van der Waals surface area contributed by atoms with Gasteiger partial charge in [-0.25, -0.2) is 19.9 Å². The molecule has 3 aliphatic rings. The number of allylic oxidation sites excluding steroid dienone is 3. The van der Waals surface area contributed by atoms with Crippen molar-refractivity contribution >= 4 is 45.7 Å². The molecule has 3 aromatic rings. The van der Waals surface area contributed by atoms with Gasteiger partial charge in [0.25, 0.3) is 0 Å². The SMILES string of the molecule is COC1=CCC([S+]([O-])NC2C=C(c3nc(C(C)C)sc3-c3ccnc(Nc4ccc(N5CCOCC5)nc4)n3)C=CC2)C=C1OC. The summed E-state index contributed by atoms with van der Waals surface area (Å²) < 4.78 is 32.9. The summed E-state index contributed by atoms with van der Waals surface area (Å²) in [5.41, 5.74) is 3.41. The van der Waals surface area contributed by atoms with Crippen LogP contribution in [-0.4, -0.2) is 76.3 Å². The van der Waals surface area contributed by atoms with Crippen molar-refractivity contribution in [3.63, 3.8) is 0 Å². The highest BCUT2D eigenvalue weighted by Gasteiger charge is 2.29. The summed E-state index contributed by atoms with van der Waals surface area (Å²) in [6, 6.07) is 5.78. The van der Waals surface area contributed by atoms with Crippen LogP contribution in [0.4, 0.5) is 17.5 Å². The second-order valence-electron chi connectivity index (χ2n) is 11.3. The van der Waals surface area contributed by atoms with Crippen LogP contribution in [0.1, 0.15) is 43.3 Å². The molecule has 4 heterocycles. The van der Waals surface area contributed by atoms with Gasteiger partial charge in [-0.15, -0.1) is 16.1 Å². The minimum atomic E-state index is -1.33. The molecule has 46 heavy (non-hydrogen) atoms. The van der Waals surface area contributed by atoms with Crippen molar-refractivity contribution in [3.05, 3.63) is 83.2 Å². The van der Waals surface area contributed by atoms with Gasteiger partial charge in [-0.1, -0.05) is 32.1 Å². The molecule has 1 aliphatic heterocycles. The standard InChI is InChI=1S/C33H39N7O4S2/c1-21(2)32-38-30(22-6-5-7-23(18-22)39-46(41)25-9-10-27(42-3)28(19-25)43-4)31(45-32)26-12-13-34-33(37-26)36-24-8-11-29(35-20-24)40-14-16-44-17-15-40/h5-6,8,10-13,18-21,23,25,39H,7,9,14-17H2,1-4H3,(H,34,36,37). The molecule has 0 saturated carbocycles. The van der Waals surface area contributed by atoms with E-state index in [4.69, 9.17) is 24.2 Å². The van der Waals surface area contributed by atoms with Crippen LogP contribution in [0.15, 0.2) is 72.5 Å². The van der Waals surface area contributed by atoms with E-state index < -0.39 is 11.4 Å². The van der Waals surface area contributed by atoms with Crippen molar-refractivity contribution in [2.75, 3.05) is 50.7 Å². The van der Waals surface area contributed by atoms with E-state index in [1.807, 2.05) is 30.4 Å². The Labute approximate surface area is 276 Å². The average molecular weight is 662 g/mol. The van der Waals surface area contributed by atoms with Gasteiger partial charge >= 0.3 is 0 Å². The number of pyridine rings is 1. The van der Waals surface area contributed by atoms with Crippen molar-refractivity contribution in [2.24, 2.45) is 0 Å². The highest BCUT2D eigenvalue weighted by atomic mass is 32.2. The lowest BCUT2D eigenvalue weighted by Gasteiger charge is -2.27. The molecule has 2 aliphatic carbocycles. The molecule has 0 spiro atoms. The minimum Gasteiger partial charge on any atom is -0.598 e. The van der Waals surface area contributed by atoms with Crippen LogP contribution in [0.25, 0.3) is 16.1 Å². The molecule has 0 amide bonds. The van der Waals surface area contributed by atoms with E-state index in [9.17, 15) is 4.55 Å². The van der Waals surface area contributed by atoms with Crippen molar-refractivity contribution < 1.29 is 18.8 Å². The lowest BCUT2D eigenvalue weighted by molar-refractivity contribution is 0.122. The summed E-state index contributed by atoms with van der Waals surface area (Å²) >= 11 is 0.309. The summed E-state index contributed by atoms with van der Waals surface area (Å²) in [7, 11) is 3.20. The second kappa shape index (κ2) is 14.8. The van der Waals surface area contributed by atoms with Crippen molar-refractivity contribution in [3.8, 4) is 10.6 Å². The van der Waals surface area contributed by atoms with Crippen molar-refractivity contribution in [1.29, 1.82) is 0 Å². The molecule has 3 unspecified atom stereocenters. The number of anilines is 3. The number of nitrogens with zero attached hydrogens (tertiary/aromatic N) is 5. The van der Waals surface area contributed by atoms with Gasteiger partial charge in [-0.3, -0.25) is 0 Å². The maximum absolute atomic E-state index is 13.4. The van der Waals surface area contributed by atoms with Crippen LogP contribution in [0.3, 0.4) is 0 Å². The van der Waals surface area contributed by atoms with Gasteiger partial charge in [0.1, 0.15) is 5.82 Å². The first kappa shape index (κ1) is 32.2. The summed E-state index contributed by atoms with van der Waals surface area (Å²) in [6.45, 7) is 7.38. The molecule has 0 aromatic carbocycles. The van der Waals surface area contributed by atoms with Crippen LogP contribution in [-0.2, 0) is 25.6 Å². The van der Waals surface area contributed by atoms with Crippen LogP contribution < -0.4 is 14.9 Å². The molecular weight excluding hydrogens is 623 g/mol. The molecule has 1 fully saturated rings. The Morgan fingerprint density at radius 2 is 1.87 bits per heavy atom. The summed E-state index contributed by atoms with van der Waals surface area (Å²) in [5.74, 6) is 2.92. The molecule has 6 rings (SSSR count).